The number of phenols is 1. The number of aromatic nitrogens is 1. The molecular weight excluding hydrogens is 430 g/mol. The Morgan fingerprint density at radius 1 is 0.914 bits per heavy atom. The van der Waals surface area contributed by atoms with Crippen molar-refractivity contribution in [3.05, 3.63) is 101 Å². The summed E-state index contributed by atoms with van der Waals surface area (Å²) >= 11 is 0. The zero-order valence-electron chi connectivity index (χ0n) is 21.1. The molecule has 0 spiro atoms. The number of fused-ring (bicyclic) bond motifs is 2. The van der Waals surface area contributed by atoms with E-state index in [1.54, 1.807) is 0 Å². The SMILES string of the molecule is CCCCCc1cc(O)c2c(c1)OC(C)(C)CC2c1cc[n+](Cc2ccc3ccccc3c2)cc1. The van der Waals surface area contributed by atoms with Crippen molar-refractivity contribution in [3.8, 4) is 11.5 Å². The summed E-state index contributed by atoms with van der Waals surface area (Å²) in [6.45, 7) is 7.33. The van der Waals surface area contributed by atoms with E-state index >= 15 is 0 Å². The largest absolute Gasteiger partial charge is 0.507 e. The number of hydrogen-bond acceptors (Lipinski definition) is 2. The lowest BCUT2D eigenvalue weighted by Crippen LogP contribution is -2.36. The van der Waals surface area contributed by atoms with Gasteiger partial charge in [-0.2, -0.15) is 0 Å². The first-order valence-corrected chi connectivity index (χ1v) is 12.9. The summed E-state index contributed by atoms with van der Waals surface area (Å²) in [5, 5.41) is 13.6. The number of pyridine rings is 1. The van der Waals surface area contributed by atoms with Crippen LogP contribution in [0.15, 0.2) is 79.1 Å². The molecular formula is C32H36NO2+. The van der Waals surface area contributed by atoms with Crippen LogP contribution in [0.2, 0.25) is 0 Å². The molecule has 1 unspecified atom stereocenters. The van der Waals surface area contributed by atoms with Crippen LogP contribution >= 0.6 is 0 Å². The second-order valence-electron chi connectivity index (χ2n) is 10.6. The Morgan fingerprint density at radius 3 is 2.46 bits per heavy atom. The van der Waals surface area contributed by atoms with Crippen molar-refractivity contribution in [2.45, 2.75) is 70.9 Å². The molecule has 0 saturated carbocycles. The van der Waals surface area contributed by atoms with E-state index in [0.717, 1.165) is 42.7 Å². The van der Waals surface area contributed by atoms with Crippen molar-refractivity contribution in [1.29, 1.82) is 0 Å². The van der Waals surface area contributed by atoms with Crippen molar-refractivity contribution in [3.63, 3.8) is 0 Å². The van der Waals surface area contributed by atoms with Crippen molar-refractivity contribution in [2.75, 3.05) is 0 Å². The van der Waals surface area contributed by atoms with Gasteiger partial charge in [0.15, 0.2) is 18.9 Å². The summed E-state index contributed by atoms with van der Waals surface area (Å²) in [7, 11) is 0. The quantitative estimate of drug-likeness (QED) is 0.229. The predicted octanol–water partition coefficient (Wildman–Crippen LogP) is 7.31. The number of nitrogens with zero attached hydrogens (tertiary/aromatic N) is 1. The molecule has 4 aromatic rings. The van der Waals surface area contributed by atoms with Crippen LogP contribution in [-0.2, 0) is 13.0 Å². The first-order chi connectivity index (χ1) is 16.9. The average molecular weight is 467 g/mol. The highest BCUT2D eigenvalue weighted by atomic mass is 16.5. The van der Waals surface area contributed by atoms with Gasteiger partial charge in [0, 0.05) is 29.2 Å². The highest BCUT2D eigenvalue weighted by Crippen LogP contribution is 2.48. The van der Waals surface area contributed by atoms with E-state index in [1.165, 1.54) is 34.7 Å². The van der Waals surface area contributed by atoms with Crippen LogP contribution in [0.4, 0.5) is 0 Å². The fourth-order valence-corrected chi connectivity index (χ4v) is 5.40. The van der Waals surface area contributed by atoms with E-state index < -0.39 is 0 Å². The monoisotopic (exact) mass is 466 g/mol. The fraction of sp³-hybridized carbons (Fsp3) is 0.344. The summed E-state index contributed by atoms with van der Waals surface area (Å²) in [4.78, 5) is 0. The number of aromatic hydroxyl groups is 1. The molecule has 1 aromatic heterocycles. The molecule has 1 aliphatic heterocycles. The molecule has 2 heterocycles. The van der Waals surface area contributed by atoms with Crippen LogP contribution in [-0.4, -0.2) is 10.7 Å². The number of benzene rings is 3. The van der Waals surface area contributed by atoms with E-state index in [-0.39, 0.29) is 11.5 Å². The first-order valence-electron chi connectivity index (χ1n) is 12.9. The Bertz CT molecular complexity index is 1320. The molecule has 1 atom stereocenters. The van der Waals surface area contributed by atoms with Crippen molar-refractivity contribution >= 4 is 10.8 Å². The maximum atomic E-state index is 11.0. The normalized spacial score (nSPS) is 16.6. The van der Waals surface area contributed by atoms with Crippen molar-refractivity contribution in [1.82, 2.24) is 0 Å². The number of hydrogen-bond donors (Lipinski definition) is 1. The maximum Gasteiger partial charge on any atom is 0.173 e. The van der Waals surface area contributed by atoms with Gasteiger partial charge in [0.2, 0.25) is 0 Å². The highest BCUT2D eigenvalue weighted by Gasteiger charge is 2.37. The van der Waals surface area contributed by atoms with Crippen molar-refractivity contribution in [2.24, 2.45) is 0 Å². The lowest BCUT2D eigenvalue weighted by atomic mass is 9.79. The Hall–Kier alpha value is -3.33. The lowest BCUT2D eigenvalue weighted by Gasteiger charge is -2.38. The second kappa shape index (κ2) is 9.73. The summed E-state index contributed by atoms with van der Waals surface area (Å²) in [5.74, 6) is 1.31. The van der Waals surface area contributed by atoms with Crippen LogP contribution in [0.3, 0.4) is 0 Å². The fourth-order valence-electron chi connectivity index (χ4n) is 5.40. The van der Waals surface area contributed by atoms with Crippen molar-refractivity contribution < 1.29 is 14.4 Å². The Morgan fingerprint density at radius 2 is 1.69 bits per heavy atom. The van der Waals surface area contributed by atoms with Gasteiger partial charge in [-0.3, -0.25) is 0 Å². The summed E-state index contributed by atoms with van der Waals surface area (Å²) in [6.07, 6.45) is 9.65. The van der Waals surface area contributed by atoms with E-state index in [9.17, 15) is 5.11 Å². The second-order valence-corrected chi connectivity index (χ2v) is 10.6. The molecule has 35 heavy (non-hydrogen) atoms. The molecule has 0 radical (unpaired) electrons. The van der Waals surface area contributed by atoms with Gasteiger partial charge in [0.1, 0.15) is 17.1 Å². The third-order valence-corrected chi connectivity index (χ3v) is 7.18. The minimum absolute atomic E-state index is 0.105. The van der Waals surface area contributed by atoms with Gasteiger partial charge in [-0.1, -0.05) is 56.2 Å². The molecule has 3 nitrogen and oxygen atoms in total. The minimum atomic E-state index is -0.289. The summed E-state index contributed by atoms with van der Waals surface area (Å²) in [6, 6.07) is 23.7. The Balaban J connectivity index is 1.40. The molecule has 180 valence electrons. The number of aryl methyl sites for hydroxylation is 1. The van der Waals surface area contributed by atoms with Crippen LogP contribution in [0.5, 0.6) is 11.5 Å². The molecule has 3 heteroatoms. The standard InChI is InChI=1S/C32H35NO2/c1-4-5-6-9-23-19-29(34)31-28(21-32(2,3)35-30(31)20-23)26-14-16-33(17-15-26)22-24-12-13-25-10-7-8-11-27(25)18-24/h7-8,10-20,28H,4-6,9,21-22H2,1-3H3/p+1. The smallest absolute Gasteiger partial charge is 0.173 e. The summed E-state index contributed by atoms with van der Waals surface area (Å²) < 4.78 is 8.59. The molecule has 0 fully saturated rings. The molecule has 3 aromatic carbocycles. The Kier molecular flexibility index (Phi) is 6.51. The number of phenolic OH excluding ortho intramolecular Hbond substituents is 1. The van der Waals surface area contributed by atoms with Gasteiger partial charge in [-0.25, -0.2) is 4.57 Å². The van der Waals surface area contributed by atoms with E-state index in [2.05, 4.69) is 98.4 Å². The lowest BCUT2D eigenvalue weighted by molar-refractivity contribution is -0.688. The molecule has 0 saturated heterocycles. The average Bonchev–Trinajstić information content (AvgIpc) is 2.83. The van der Waals surface area contributed by atoms with E-state index in [4.69, 9.17) is 4.74 Å². The topological polar surface area (TPSA) is 33.3 Å². The van der Waals surface area contributed by atoms with Gasteiger partial charge in [0.05, 0.1) is 0 Å². The molecule has 0 aliphatic carbocycles. The number of unbranched alkanes of at least 4 members (excludes halogenated alkanes) is 2. The highest BCUT2D eigenvalue weighted by molar-refractivity contribution is 5.82. The van der Waals surface area contributed by atoms with Gasteiger partial charge in [0.25, 0.3) is 0 Å². The van der Waals surface area contributed by atoms with Gasteiger partial charge >= 0.3 is 0 Å². The third-order valence-electron chi connectivity index (χ3n) is 7.18. The van der Waals surface area contributed by atoms with Gasteiger partial charge < -0.3 is 9.84 Å². The number of ether oxygens (including phenoxy) is 1. The van der Waals surface area contributed by atoms with Crippen LogP contribution < -0.4 is 9.30 Å². The molecule has 0 amide bonds. The van der Waals surface area contributed by atoms with Crippen LogP contribution in [0, 0.1) is 0 Å². The molecule has 1 aliphatic rings. The Labute approximate surface area is 209 Å². The molecule has 1 N–H and O–H groups in total. The minimum Gasteiger partial charge on any atom is -0.507 e. The zero-order chi connectivity index (χ0) is 24.4. The summed E-state index contributed by atoms with van der Waals surface area (Å²) in [5.41, 5.74) is 4.30. The van der Waals surface area contributed by atoms with E-state index in [1.807, 2.05) is 6.07 Å². The van der Waals surface area contributed by atoms with Crippen LogP contribution in [0.1, 0.15) is 74.6 Å². The molecule has 5 rings (SSSR count). The molecule has 0 bridgehead atoms. The zero-order valence-corrected chi connectivity index (χ0v) is 21.1. The first kappa shape index (κ1) is 23.4. The number of rotatable bonds is 7. The van der Waals surface area contributed by atoms with E-state index in [0.29, 0.717) is 5.75 Å². The van der Waals surface area contributed by atoms with Gasteiger partial charge in [-0.05, 0) is 73.2 Å². The van der Waals surface area contributed by atoms with Crippen LogP contribution in [0.25, 0.3) is 10.8 Å². The predicted molar refractivity (Wildman–Crippen MR) is 142 cm³/mol. The maximum absolute atomic E-state index is 11.0. The van der Waals surface area contributed by atoms with Gasteiger partial charge in [-0.15, -0.1) is 0 Å². The third kappa shape index (κ3) is 5.19.